The van der Waals surface area contributed by atoms with E-state index in [4.69, 9.17) is 11.6 Å². The molecule has 1 aromatic heterocycles. The third-order valence-corrected chi connectivity index (χ3v) is 5.71. The van der Waals surface area contributed by atoms with Crippen LogP contribution in [0.4, 0.5) is 5.13 Å². The SMILES string of the molecule is Cc1ccc(C=CC(=O)Nc2nnc(SCc3ccc(Cl)cc3)s2)cc1. The molecule has 0 bridgehead atoms. The summed E-state index contributed by atoms with van der Waals surface area (Å²) >= 11 is 8.81. The second-order valence-electron chi connectivity index (χ2n) is 5.52. The molecule has 1 amide bonds. The van der Waals surface area contributed by atoms with Gasteiger partial charge in [-0.3, -0.25) is 10.1 Å². The van der Waals surface area contributed by atoms with Gasteiger partial charge >= 0.3 is 0 Å². The number of hydrogen-bond donors (Lipinski definition) is 1. The molecule has 1 heterocycles. The van der Waals surface area contributed by atoms with E-state index in [1.54, 1.807) is 17.8 Å². The molecule has 132 valence electrons. The van der Waals surface area contributed by atoms with Crippen LogP contribution in [0.15, 0.2) is 58.9 Å². The molecule has 1 N–H and O–H groups in total. The number of benzene rings is 2. The summed E-state index contributed by atoms with van der Waals surface area (Å²) in [6.45, 7) is 2.03. The highest BCUT2D eigenvalue weighted by Crippen LogP contribution is 2.28. The summed E-state index contributed by atoms with van der Waals surface area (Å²) in [6.07, 6.45) is 3.26. The number of hydrogen-bond acceptors (Lipinski definition) is 5. The summed E-state index contributed by atoms with van der Waals surface area (Å²) in [5.41, 5.74) is 3.31. The van der Waals surface area contributed by atoms with E-state index in [1.807, 2.05) is 55.5 Å². The van der Waals surface area contributed by atoms with Crippen LogP contribution in [0, 0.1) is 6.92 Å². The van der Waals surface area contributed by atoms with Gasteiger partial charge < -0.3 is 0 Å². The van der Waals surface area contributed by atoms with Gasteiger partial charge in [0.05, 0.1) is 0 Å². The quantitative estimate of drug-likeness (QED) is 0.339. The maximum Gasteiger partial charge on any atom is 0.250 e. The molecule has 0 fully saturated rings. The molecule has 4 nitrogen and oxygen atoms in total. The largest absolute Gasteiger partial charge is 0.297 e. The van der Waals surface area contributed by atoms with Crippen LogP contribution >= 0.6 is 34.7 Å². The molecule has 3 rings (SSSR count). The first-order valence-electron chi connectivity index (χ1n) is 7.85. The van der Waals surface area contributed by atoms with E-state index < -0.39 is 0 Å². The van der Waals surface area contributed by atoms with E-state index in [0.717, 1.165) is 26.2 Å². The van der Waals surface area contributed by atoms with Crippen molar-refractivity contribution in [1.29, 1.82) is 0 Å². The lowest BCUT2D eigenvalue weighted by Crippen LogP contribution is -2.07. The van der Waals surface area contributed by atoms with Gasteiger partial charge in [0.15, 0.2) is 4.34 Å². The molecule has 0 aliphatic heterocycles. The van der Waals surface area contributed by atoms with Gasteiger partial charge in [-0.15, -0.1) is 10.2 Å². The van der Waals surface area contributed by atoms with Crippen molar-refractivity contribution in [3.8, 4) is 0 Å². The Hall–Kier alpha value is -2.15. The highest BCUT2D eigenvalue weighted by atomic mass is 35.5. The highest BCUT2D eigenvalue weighted by Gasteiger charge is 2.07. The zero-order chi connectivity index (χ0) is 18.4. The van der Waals surface area contributed by atoms with Gasteiger partial charge in [-0.25, -0.2) is 0 Å². The summed E-state index contributed by atoms with van der Waals surface area (Å²) in [5, 5.41) is 12.1. The lowest BCUT2D eigenvalue weighted by Gasteiger charge is -1.98. The van der Waals surface area contributed by atoms with Gasteiger partial charge in [-0.2, -0.15) is 0 Å². The number of carbonyl (C=O) groups excluding carboxylic acids is 1. The number of nitrogens with one attached hydrogen (secondary N) is 1. The van der Waals surface area contributed by atoms with E-state index in [-0.39, 0.29) is 5.91 Å². The van der Waals surface area contributed by atoms with E-state index in [1.165, 1.54) is 23.0 Å². The zero-order valence-electron chi connectivity index (χ0n) is 14.0. The highest BCUT2D eigenvalue weighted by molar-refractivity contribution is 8.00. The summed E-state index contributed by atoms with van der Waals surface area (Å²) in [6, 6.07) is 15.6. The molecule has 3 aromatic rings. The van der Waals surface area contributed by atoms with Crippen molar-refractivity contribution >= 4 is 51.8 Å². The molecule has 2 aromatic carbocycles. The smallest absolute Gasteiger partial charge is 0.250 e. The van der Waals surface area contributed by atoms with E-state index in [0.29, 0.717) is 5.13 Å². The fourth-order valence-electron chi connectivity index (χ4n) is 2.04. The van der Waals surface area contributed by atoms with Crippen molar-refractivity contribution in [3.05, 3.63) is 76.3 Å². The minimum absolute atomic E-state index is 0.226. The lowest BCUT2D eigenvalue weighted by molar-refractivity contribution is -0.111. The van der Waals surface area contributed by atoms with Gasteiger partial charge in [0, 0.05) is 16.9 Å². The predicted octanol–water partition coefficient (Wildman–Crippen LogP) is 5.44. The number of aryl methyl sites for hydroxylation is 1. The Labute approximate surface area is 165 Å². The fourth-order valence-corrected chi connectivity index (χ4v) is 3.88. The number of carbonyl (C=O) groups is 1. The van der Waals surface area contributed by atoms with Crippen LogP contribution < -0.4 is 5.32 Å². The van der Waals surface area contributed by atoms with Crippen molar-refractivity contribution in [2.24, 2.45) is 0 Å². The number of amides is 1. The molecule has 0 saturated heterocycles. The molecule has 26 heavy (non-hydrogen) atoms. The summed E-state index contributed by atoms with van der Waals surface area (Å²) in [7, 11) is 0. The third-order valence-electron chi connectivity index (χ3n) is 3.42. The number of nitrogens with zero attached hydrogens (tertiary/aromatic N) is 2. The minimum Gasteiger partial charge on any atom is -0.297 e. The Morgan fingerprint density at radius 2 is 1.88 bits per heavy atom. The van der Waals surface area contributed by atoms with Crippen LogP contribution in [0.1, 0.15) is 16.7 Å². The predicted molar refractivity (Wildman–Crippen MR) is 110 cm³/mol. The molecule has 0 radical (unpaired) electrons. The maximum absolute atomic E-state index is 12.0. The van der Waals surface area contributed by atoms with Crippen molar-refractivity contribution in [1.82, 2.24) is 10.2 Å². The van der Waals surface area contributed by atoms with Crippen LogP contribution in [0.5, 0.6) is 0 Å². The average molecular weight is 402 g/mol. The van der Waals surface area contributed by atoms with Gasteiger partial charge in [0.1, 0.15) is 0 Å². The van der Waals surface area contributed by atoms with E-state index in [2.05, 4.69) is 15.5 Å². The third kappa shape index (κ3) is 5.69. The Morgan fingerprint density at radius 3 is 2.62 bits per heavy atom. The zero-order valence-corrected chi connectivity index (χ0v) is 16.4. The number of thioether (sulfide) groups is 1. The summed E-state index contributed by atoms with van der Waals surface area (Å²) in [4.78, 5) is 12.0. The molecule has 0 aliphatic carbocycles. The van der Waals surface area contributed by atoms with Crippen molar-refractivity contribution in [2.75, 3.05) is 5.32 Å². The molecule has 7 heteroatoms. The maximum atomic E-state index is 12.0. The number of halogens is 1. The molecule has 0 spiro atoms. The fraction of sp³-hybridized carbons (Fsp3) is 0.105. The first-order chi connectivity index (χ1) is 12.6. The number of rotatable bonds is 6. The van der Waals surface area contributed by atoms with Crippen LogP contribution in [0.2, 0.25) is 5.02 Å². The van der Waals surface area contributed by atoms with Crippen LogP contribution in [-0.2, 0) is 10.5 Å². The Morgan fingerprint density at radius 1 is 1.15 bits per heavy atom. The number of aromatic nitrogens is 2. The van der Waals surface area contributed by atoms with Gasteiger partial charge in [-0.05, 0) is 36.3 Å². The summed E-state index contributed by atoms with van der Waals surface area (Å²) < 4.78 is 0.803. The topological polar surface area (TPSA) is 54.9 Å². The summed E-state index contributed by atoms with van der Waals surface area (Å²) in [5.74, 6) is 0.545. The second kappa shape index (κ2) is 8.98. The van der Waals surface area contributed by atoms with Crippen LogP contribution in [0.25, 0.3) is 6.08 Å². The molecular formula is C19H16ClN3OS2. The van der Waals surface area contributed by atoms with Crippen LogP contribution in [-0.4, -0.2) is 16.1 Å². The first kappa shape index (κ1) is 18.6. The molecule has 0 aliphatic rings. The lowest BCUT2D eigenvalue weighted by atomic mass is 10.1. The normalized spacial score (nSPS) is 11.0. The van der Waals surface area contributed by atoms with Gasteiger partial charge in [-0.1, -0.05) is 76.7 Å². The van der Waals surface area contributed by atoms with Crippen LogP contribution in [0.3, 0.4) is 0 Å². The van der Waals surface area contributed by atoms with Crippen molar-refractivity contribution in [3.63, 3.8) is 0 Å². The van der Waals surface area contributed by atoms with Gasteiger partial charge in [0.25, 0.3) is 0 Å². The Kier molecular flexibility index (Phi) is 6.44. The minimum atomic E-state index is -0.226. The number of anilines is 1. The van der Waals surface area contributed by atoms with E-state index in [9.17, 15) is 4.79 Å². The Balaban J connectivity index is 1.51. The molecule has 0 saturated carbocycles. The monoisotopic (exact) mass is 401 g/mol. The van der Waals surface area contributed by atoms with Crippen molar-refractivity contribution in [2.45, 2.75) is 17.0 Å². The molecular weight excluding hydrogens is 386 g/mol. The van der Waals surface area contributed by atoms with Gasteiger partial charge in [0.2, 0.25) is 11.0 Å². The Bertz CT molecular complexity index is 905. The molecule has 0 atom stereocenters. The second-order valence-corrected chi connectivity index (χ2v) is 8.16. The molecule has 0 unspecified atom stereocenters. The first-order valence-corrected chi connectivity index (χ1v) is 10.0. The van der Waals surface area contributed by atoms with E-state index >= 15 is 0 Å². The standard InChI is InChI=1S/C19H16ClN3OS2/c1-13-2-4-14(5-3-13)8-11-17(24)21-18-22-23-19(26-18)25-12-15-6-9-16(20)10-7-15/h2-11H,12H2,1H3,(H,21,22,24). The average Bonchev–Trinajstić information content (AvgIpc) is 3.08. The van der Waals surface area contributed by atoms with Crippen molar-refractivity contribution < 1.29 is 4.79 Å².